The van der Waals surface area contributed by atoms with Gasteiger partial charge in [-0.05, 0) is 39.2 Å². The number of piperidine rings is 1. The highest BCUT2D eigenvalue weighted by molar-refractivity contribution is 5.93. The van der Waals surface area contributed by atoms with Gasteiger partial charge in [0, 0.05) is 31.6 Å². The summed E-state index contributed by atoms with van der Waals surface area (Å²) in [7, 11) is 0. The fraction of sp³-hybridized carbons (Fsp3) is 0.579. The minimum Gasteiger partial charge on any atom is -0.388 e. The Kier molecular flexibility index (Phi) is 4.91. The van der Waals surface area contributed by atoms with E-state index in [4.69, 9.17) is 10.5 Å². The van der Waals surface area contributed by atoms with Crippen molar-refractivity contribution in [2.24, 2.45) is 0 Å². The maximum atomic E-state index is 12.7. The lowest BCUT2D eigenvalue weighted by atomic mass is 9.73. The molecule has 0 bridgehead atoms. The molecule has 0 aliphatic carbocycles. The SMILES string of the molecule is Cc1[nH]cnc1C(=O)N[C@]1(C)CCOC2(CCN(c3ccnc(N)n3)CC2)[C@H]1O. The molecular formula is C19H27N7O3. The first-order chi connectivity index (χ1) is 13.8. The number of nitrogens with one attached hydrogen (secondary N) is 2. The van der Waals surface area contributed by atoms with Crippen LogP contribution in [0.2, 0.25) is 0 Å². The zero-order chi connectivity index (χ0) is 20.6. The van der Waals surface area contributed by atoms with E-state index in [1.165, 1.54) is 6.33 Å². The van der Waals surface area contributed by atoms with E-state index in [0.29, 0.717) is 50.3 Å². The van der Waals surface area contributed by atoms with Gasteiger partial charge in [0.2, 0.25) is 5.95 Å². The fourth-order valence-electron chi connectivity index (χ4n) is 4.37. The highest BCUT2D eigenvalue weighted by Gasteiger charge is 2.54. The van der Waals surface area contributed by atoms with Crippen LogP contribution in [0.25, 0.3) is 0 Å². The second kappa shape index (κ2) is 7.27. The van der Waals surface area contributed by atoms with Crippen molar-refractivity contribution in [2.75, 3.05) is 30.3 Å². The van der Waals surface area contributed by atoms with Gasteiger partial charge in [0.05, 0.1) is 17.5 Å². The van der Waals surface area contributed by atoms with Crippen LogP contribution in [-0.4, -0.2) is 67.9 Å². The Morgan fingerprint density at radius 1 is 1.38 bits per heavy atom. The van der Waals surface area contributed by atoms with Gasteiger partial charge in [0.25, 0.3) is 5.91 Å². The molecule has 0 radical (unpaired) electrons. The number of amides is 1. The van der Waals surface area contributed by atoms with Gasteiger partial charge in [-0.3, -0.25) is 4.79 Å². The maximum absolute atomic E-state index is 12.7. The molecule has 2 aromatic heterocycles. The summed E-state index contributed by atoms with van der Waals surface area (Å²) in [5.41, 5.74) is 5.22. The molecule has 1 amide bonds. The van der Waals surface area contributed by atoms with Crippen molar-refractivity contribution in [3.8, 4) is 0 Å². The predicted octanol–water partition coefficient (Wildman–Crippen LogP) is 0.399. The number of hydrogen-bond donors (Lipinski definition) is 4. The molecule has 2 saturated heterocycles. The van der Waals surface area contributed by atoms with Crippen molar-refractivity contribution >= 4 is 17.7 Å². The van der Waals surface area contributed by atoms with Gasteiger partial charge in [-0.2, -0.15) is 4.98 Å². The molecular weight excluding hydrogens is 374 g/mol. The summed E-state index contributed by atoms with van der Waals surface area (Å²) in [4.78, 5) is 30.0. The van der Waals surface area contributed by atoms with Crippen LogP contribution < -0.4 is 16.0 Å². The number of aromatic nitrogens is 4. The lowest BCUT2D eigenvalue weighted by Gasteiger charge is -2.53. The Balaban J connectivity index is 1.48. The molecule has 2 fully saturated rings. The van der Waals surface area contributed by atoms with Gasteiger partial charge in [-0.15, -0.1) is 0 Å². The van der Waals surface area contributed by atoms with E-state index in [-0.39, 0.29) is 11.9 Å². The molecule has 2 aliphatic heterocycles. The molecule has 2 aliphatic rings. The summed E-state index contributed by atoms with van der Waals surface area (Å²) in [6.07, 6.45) is 4.04. The normalized spacial score (nSPS) is 26.4. The smallest absolute Gasteiger partial charge is 0.272 e. The molecule has 29 heavy (non-hydrogen) atoms. The quantitative estimate of drug-likeness (QED) is 0.579. The summed E-state index contributed by atoms with van der Waals surface area (Å²) in [6.45, 7) is 5.46. The Labute approximate surface area is 168 Å². The number of aryl methyl sites for hydroxylation is 1. The van der Waals surface area contributed by atoms with E-state index in [0.717, 1.165) is 5.82 Å². The molecule has 5 N–H and O–H groups in total. The minimum atomic E-state index is -0.843. The largest absolute Gasteiger partial charge is 0.388 e. The number of anilines is 2. The number of rotatable bonds is 3. The number of hydrogen-bond acceptors (Lipinski definition) is 8. The van der Waals surface area contributed by atoms with E-state index < -0.39 is 17.2 Å². The van der Waals surface area contributed by atoms with E-state index in [1.807, 2.05) is 13.0 Å². The van der Waals surface area contributed by atoms with Crippen molar-refractivity contribution in [1.82, 2.24) is 25.3 Å². The number of ether oxygens (including phenoxy) is 1. The molecule has 0 saturated carbocycles. The predicted molar refractivity (Wildman–Crippen MR) is 106 cm³/mol. The first-order valence-electron chi connectivity index (χ1n) is 9.81. The van der Waals surface area contributed by atoms with Gasteiger partial charge in [0.15, 0.2) is 0 Å². The number of nitrogens with zero attached hydrogens (tertiary/aromatic N) is 4. The summed E-state index contributed by atoms with van der Waals surface area (Å²) in [5.74, 6) is 0.708. The van der Waals surface area contributed by atoms with Crippen LogP contribution in [0.5, 0.6) is 0 Å². The van der Waals surface area contributed by atoms with Gasteiger partial charge >= 0.3 is 0 Å². The monoisotopic (exact) mass is 401 g/mol. The summed E-state index contributed by atoms with van der Waals surface area (Å²) in [6, 6.07) is 1.82. The Hall–Kier alpha value is -2.72. The lowest BCUT2D eigenvalue weighted by Crippen LogP contribution is -2.69. The standard InChI is InChI=1S/C19H27N7O3/c1-12-14(23-11-22-12)15(27)25-18(2)6-10-29-19(16(18)28)4-8-26(9-5-19)13-3-7-21-17(20)24-13/h3,7,11,16,28H,4-6,8-10H2,1-2H3,(H,22,23)(H,25,27)(H2,20,21,24)/t16-,18+/m0/s1. The molecule has 4 rings (SSSR count). The topological polar surface area (TPSA) is 142 Å². The number of carbonyl (C=O) groups excluding carboxylic acids is 1. The molecule has 2 atom stereocenters. The second-order valence-corrected chi connectivity index (χ2v) is 8.07. The molecule has 4 heterocycles. The van der Waals surface area contributed by atoms with Crippen molar-refractivity contribution in [1.29, 1.82) is 0 Å². The number of nitrogens with two attached hydrogens (primary N) is 1. The van der Waals surface area contributed by atoms with Crippen LogP contribution in [-0.2, 0) is 4.74 Å². The summed E-state index contributed by atoms with van der Waals surface area (Å²) < 4.78 is 6.11. The van der Waals surface area contributed by atoms with Crippen molar-refractivity contribution in [3.05, 3.63) is 30.0 Å². The Bertz CT molecular complexity index is 893. The third-order valence-electron chi connectivity index (χ3n) is 6.15. The van der Waals surface area contributed by atoms with Gasteiger partial charge in [-0.1, -0.05) is 0 Å². The van der Waals surface area contributed by atoms with Crippen molar-refractivity contribution in [3.63, 3.8) is 0 Å². The Morgan fingerprint density at radius 2 is 2.14 bits per heavy atom. The molecule has 0 unspecified atom stereocenters. The third kappa shape index (κ3) is 3.53. The summed E-state index contributed by atoms with van der Waals surface area (Å²) >= 11 is 0. The van der Waals surface area contributed by atoms with E-state index in [2.05, 4.69) is 30.2 Å². The van der Waals surface area contributed by atoms with Gasteiger partial charge in [0.1, 0.15) is 17.6 Å². The first-order valence-corrected chi connectivity index (χ1v) is 9.81. The molecule has 10 nitrogen and oxygen atoms in total. The Morgan fingerprint density at radius 3 is 2.79 bits per heavy atom. The number of carbonyl (C=O) groups is 1. The highest BCUT2D eigenvalue weighted by Crippen LogP contribution is 2.40. The zero-order valence-electron chi connectivity index (χ0n) is 16.7. The van der Waals surface area contributed by atoms with E-state index in [9.17, 15) is 9.90 Å². The average molecular weight is 401 g/mol. The zero-order valence-corrected chi connectivity index (χ0v) is 16.7. The molecule has 1 spiro atoms. The average Bonchev–Trinajstić information content (AvgIpc) is 3.13. The minimum absolute atomic E-state index is 0.237. The first kappa shape index (κ1) is 19.6. The van der Waals surface area contributed by atoms with Crippen LogP contribution in [0.4, 0.5) is 11.8 Å². The fourth-order valence-corrected chi connectivity index (χ4v) is 4.37. The van der Waals surface area contributed by atoms with Crippen molar-refractivity contribution in [2.45, 2.75) is 50.4 Å². The van der Waals surface area contributed by atoms with Gasteiger partial charge in [-0.25, -0.2) is 9.97 Å². The number of aliphatic hydroxyl groups excluding tert-OH is 1. The van der Waals surface area contributed by atoms with Gasteiger partial charge < -0.3 is 30.8 Å². The van der Waals surface area contributed by atoms with E-state index in [1.54, 1.807) is 13.1 Å². The molecule has 10 heteroatoms. The number of imidazole rings is 1. The van der Waals surface area contributed by atoms with Crippen molar-refractivity contribution < 1.29 is 14.6 Å². The number of aromatic amines is 1. The second-order valence-electron chi connectivity index (χ2n) is 8.07. The van der Waals surface area contributed by atoms with Crippen LogP contribution in [0.1, 0.15) is 42.4 Å². The van der Waals surface area contributed by atoms with Crippen LogP contribution >= 0.6 is 0 Å². The number of aliphatic hydroxyl groups is 1. The molecule has 2 aromatic rings. The third-order valence-corrected chi connectivity index (χ3v) is 6.15. The summed E-state index contributed by atoms with van der Waals surface area (Å²) in [5, 5.41) is 14.3. The highest BCUT2D eigenvalue weighted by atomic mass is 16.5. The van der Waals surface area contributed by atoms with E-state index >= 15 is 0 Å². The van der Waals surface area contributed by atoms with Crippen LogP contribution in [0, 0.1) is 6.92 Å². The lowest BCUT2D eigenvalue weighted by molar-refractivity contribution is -0.195. The maximum Gasteiger partial charge on any atom is 0.272 e. The molecule has 0 aromatic carbocycles. The van der Waals surface area contributed by atoms with Crippen LogP contribution in [0.15, 0.2) is 18.6 Å². The van der Waals surface area contributed by atoms with Crippen LogP contribution in [0.3, 0.4) is 0 Å². The molecule has 156 valence electrons. The number of nitrogen functional groups attached to an aromatic ring is 1. The number of H-pyrrole nitrogens is 1.